The summed E-state index contributed by atoms with van der Waals surface area (Å²) in [6.45, 7) is 0.0516. The van der Waals surface area contributed by atoms with E-state index < -0.39 is 5.97 Å². The van der Waals surface area contributed by atoms with Crippen LogP contribution in [0.4, 0.5) is 0 Å². The molecule has 0 bridgehead atoms. The summed E-state index contributed by atoms with van der Waals surface area (Å²) in [5.41, 5.74) is 1.45. The number of carbonyl (C=O) groups is 1. The maximum atomic E-state index is 12.0. The summed E-state index contributed by atoms with van der Waals surface area (Å²) >= 11 is 0. The number of nitrogens with zero attached hydrogens (tertiary/aromatic N) is 1. The Bertz CT molecular complexity index is 719. The fourth-order valence-corrected chi connectivity index (χ4v) is 1.94. The highest BCUT2D eigenvalue weighted by molar-refractivity contribution is 5.89. The lowest BCUT2D eigenvalue weighted by Gasteiger charge is -2.11. The molecule has 0 saturated carbocycles. The van der Waals surface area contributed by atoms with E-state index in [0.717, 1.165) is 0 Å². The lowest BCUT2D eigenvalue weighted by molar-refractivity contribution is 0.0470. The van der Waals surface area contributed by atoms with Gasteiger partial charge >= 0.3 is 5.97 Å². The van der Waals surface area contributed by atoms with E-state index in [0.29, 0.717) is 28.2 Å². The molecule has 5 heteroatoms. The molecule has 0 fully saturated rings. The first kappa shape index (κ1) is 15.4. The van der Waals surface area contributed by atoms with Gasteiger partial charge in [0.2, 0.25) is 0 Å². The molecule has 0 N–H and O–H groups in total. The van der Waals surface area contributed by atoms with Gasteiger partial charge in [0.05, 0.1) is 31.4 Å². The Kier molecular flexibility index (Phi) is 4.99. The zero-order chi connectivity index (χ0) is 15.9. The van der Waals surface area contributed by atoms with Gasteiger partial charge in [-0.05, 0) is 36.4 Å². The quantitative estimate of drug-likeness (QED) is 0.794. The first-order valence-corrected chi connectivity index (χ1v) is 6.56. The van der Waals surface area contributed by atoms with Crippen molar-refractivity contribution in [3.05, 3.63) is 59.2 Å². The van der Waals surface area contributed by atoms with Crippen LogP contribution in [-0.2, 0) is 11.3 Å². The second-order valence-corrected chi connectivity index (χ2v) is 4.45. The van der Waals surface area contributed by atoms with E-state index in [1.807, 2.05) is 6.07 Å². The maximum absolute atomic E-state index is 12.0. The molecule has 0 unspecified atom stereocenters. The summed E-state index contributed by atoms with van der Waals surface area (Å²) in [5.74, 6) is 0.764. The predicted molar refractivity (Wildman–Crippen MR) is 79.8 cm³/mol. The van der Waals surface area contributed by atoms with Gasteiger partial charge in [-0.3, -0.25) is 0 Å². The number of methoxy groups -OCH3 is 2. The number of rotatable bonds is 5. The Hall–Kier alpha value is -3.00. The van der Waals surface area contributed by atoms with E-state index in [1.54, 1.807) is 50.6 Å². The van der Waals surface area contributed by atoms with E-state index in [-0.39, 0.29) is 6.61 Å². The summed E-state index contributed by atoms with van der Waals surface area (Å²) in [7, 11) is 3.11. The topological polar surface area (TPSA) is 68.6 Å². The highest BCUT2D eigenvalue weighted by Crippen LogP contribution is 2.24. The van der Waals surface area contributed by atoms with Gasteiger partial charge in [0.1, 0.15) is 18.1 Å². The van der Waals surface area contributed by atoms with Crippen LogP contribution in [-0.4, -0.2) is 20.2 Å². The Balaban J connectivity index is 2.12. The van der Waals surface area contributed by atoms with Crippen molar-refractivity contribution in [2.24, 2.45) is 0 Å². The number of ether oxygens (including phenoxy) is 3. The number of esters is 1. The summed E-state index contributed by atoms with van der Waals surface area (Å²) in [4.78, 5) is 12.0. The molecule has 0 aliphatic carbocycles. The van der Waals surface area contributed by atoms with Gasteiger partial charge in [-0.15, -0.1) is 0 Å². The van der Waals surface area contributed by atoms with Crippen molar-refractivity contribution in [1.82, 2.24) is 0 Å². The van der Waals surface area contributed by atoms with Crippen LogP contribution in [0.1, 0.15) is 21.5 Å². The largest absolute Gasteiger partial charge is 0.497 e. The molecule has 0 atom stereocenters. The highest BCUT2D eigenvalue weighted by atomic mass is 16.5. The van der Waals surface area contributed by atoms with Crippen molar-refractivity contribution >= 4 is 5.97 Å². The molecule has 0 aliphatic rings. The monoisotopic (exact) mass is 297 g/mol. The lowest BCUT2D eigenvalue weighted by atomic mass is 10.1. The van der Waals surface area contributed by atoms with Crippen LogP contribution in [0.25, 0.3) is 0 Å². The van der Waals surface area contributed by atoms with Crippen LogP contribution in [0.3, 0.4) is 0 Å². The number of nitriles is 1. The molecule has 0 heterocycles. The van der Waals surface area contributed by atoms with Gasteiger partial charge in [0.25, 0.3) is 0 Å². The molecule has 0 amide bonds. The molecule has 2 aromatic carbocycles. The average molecular weight is 297 g/mol. The van der Waals surface area contributed by atoms with Gasteiger partial charge in [-0.1, -0.05) is 6.07 Å². The molecule has 2 rings (SSSR count). The third kappa shape index (κ3) is 3.55. The molecule has 2 aromatic rings. The van der Waals surface area contributed by atoms with Crippen molar-refractivity contribution in [3.63, 3.8) is 0 Å². The van der Waals surface area contributed by atoms with Crippen LogP contribution in [0.2, 0.25) is 0 Å². The van der Waals surface area contributed by atoms with E-state index in [1.165, 1.54) is 6.07 Å². The standard InChI is InChI=1S/C17H15NO4/c1-20-15-6-7-16(21-2)14(9-15)11-22-17(19)13-5-3-4-12(8-13)10-18/h3-9H,11H2,1-2H3. The molecule has 0 radical (unpaired) electrons. The van der Waals surface area contributed by atoms with Crippen LogP contribution < -0.4 is 9.47 Å². The molecular formula is C17H15NO4. The molecule has 5 nitrogen and oxygen atoms in total. The molecule has 112 valence electrons. The second kappa shape index (κ2) is 7.14. The first-order valence-electron chi connectivity index (χ1n) is 6.56. The Morgan fingerprint density at radius 1 is 1.14 bits per heavy atom. The van der Waals surface area contributed by atoms with E-state index in [9.17, 15) is 4.79 Å². The number of benzene rings is 2. The van der Waals surface area contributed by atoms with Gasteiger partial charge in [0, 0.05) is 5.56 Å². The van der Waals surface area contributed by atoms with E-state index in [2.05, 4.69) is 0 Å². The third-order valence-corrected chi connectivity index (χ3v) is 3.07. The Morgan fingerprint density at radius 3 is 2.64 bits per heavy atom. The molecule has 22 heavy (non-hydrogen) atoms. The van der Waals surface area contributed by atoms with E-state index in [4.69, 9.17) is 19.5 Å². The summed E-state index contributed by atoms with van der Waals surface area (Å²) in [6.07, 6.45) is 0. The minimum absolute atomic E-state index is 0.0516. The zero-order valence-corrected chi connectivity index (χ0v) is 12.3. The summed E-state index contributed by atoms with van der Waals surface area (Å²) in [5, 5.41) is 8.85. The van der Waals surface area contributed by atoms with Crippen LogP contribution in [0, 0.1) is 11.3 Å². The summed E-state index contributed by atoms with van der Waals surface area (Å²) < 4.78 is 15.6. The SMILES string of the molecule is COc1ccc(OC)c(COC(=O)c2cccc(C#N)c2)c1. The minimum Gasteiger partial charge on any atom is -0.497 e. The van der Waals surface area contributed by atoms with Crippen molar-refractivity contribution in [3.8, 4) is 17.6 Å². The minimum atomic E-state index is -0.498. The maximum Gasteiger partial charge on any atom is 0.338 e. The Labute approximate surface area is 128 Å². The normalized spacial score (nSPS) is 9.68. The van der Waals surface area contributed by atoms with Crippen LogP contribution in [0.15, 0.2) is 42.5 Å². The summed E-state index contributed by atoms with van der Waals surface area (Å²) in [6, 6.07) is 13.6. The third-order valence-electron chi connectivity index (χ3n) is 3.07. The first-order chi connectivity index (χ1) is 10.7. The van der Waals surface area contributed by atoms with Gasteiger partial charge in [-0.25, -0.2) is 4.79 Å². The van der Waals surface area contributed by atoms with Crippen molar-refractivity contribution in [2.75, 3.05) is 14.2 Å². The molecule has 0 spiro atoms. The van der Waals surface area contributed by atoms with Crippen molar-refractivity contribution in [1.29, 1.82) is 5.26 Å². The Morgan fingerprint density at radius 2 is 1.95 bits per heavy atom. The van der Waals surface area contributed by atoms with Crippen molar-refractivity contribution in [2.45, 2.75) is 6.61 Å². The predicted octanol–water partition coefficient (Wildman–Crippen LogP) is 2.93. The van der Waals surface area contributed by atoms with E-state index >= 15 is 0 Å². The highest BCUT2D eigenvalue weighted by Gasteiger charge is 2.11. The van der Waals surface area contributed by atoms with Crippen LogP contribution in [0.5, 0.6) is 11.5 Å². The fraction of sp³-hybridized carbons (Fsp3) is 0.176. The zero-order valence-electron chi connectivity index (χ0n) is 12.3. The average Bonchev–Trinajstić information content (AvgIpc) is 2.59. The van der Waals surface area contributed by atoms with Gasteiger partial charge in [-0.2, -0.15) is 5.26 Å². The molecule has 0 aliphatic heterocycles. The smallest absolute Gasteiger partial charge is 0.338 e. The number of hydrogen-bond donors (Lipinski definition) is 0. The van der Waals surface area contributed by atoms with Gasteiger partial charge < -0.3 is 14.2 Å². The van der Waals surface area contributed by atoms with Gasteiger partial charge in [0.15, 0.2) is 0 Å². The number of carbonyl (C=O) groups excluding carboxylic acids is 1. The fourth-order valence-electron chi connectivity index (χ4n) is 1.94. The lowest BCUT2D eigenvalue weighted by Crippen LogP contribution is -2.06. The number of hydrogen-bond acceptors (Lipinski definition) is 5. The molecule has 0 aromatic heterocycles. The second-order valence-electron chi connectivity index (χ2n) is 4.45. The molecule has 0 saturated heterocycles. The van der Waals surface area contributed by atoms with Crippen LogP contribution >= 0.6 is 0 Å². The van der Waals surface area contributed by atoms with Crippen molar-refractivity contribution < 1.29 is 19.0 Å². The molecular weight excluding hydrogens is 282 g/mol.